The maximum absolute atomic E-state index is 5.79. The van der Waals surface area contributed by atoms with E-state index in [9.17, 15) is 0 Å². The van der Waals surface area contributed by atoms with E-state index >= 15 is 0 Å². The summed E-state index contributed by atoms with van der Waals surface area (Å²) in [7, 11) is 0. The molecule has 0 atom stereocenters. The minimum atomic E-state index is 0.418. The standard InChI is InChI=1S/C75H45N13/c1-6-24-46(25-7-1)67-76-68(47-26-8-2-9-27-47)79-72(78-67)85-59-38-20-16-34-51(59)55-42-44-57-53-36-18-22-40-61(53)87(65(57)63(55)85)74-82-71(50-32-14-5-15-33-50)83-75(84-74)88-62-41-23-19-37-54(62)58-45-43-56-52-35-17-21-39-60(52)86(64(56)66(58)88)73-80-69(48-28-10-3-11-29-48)77-70(81-73)49-30-12-4-13-31-49/h1-45H. The van der Waals surface area contributed by atoms with Gasteiger partial charge in [-0.25, -0.2) is 9.97 Å². The summed E-state index contributed by atoms with van der Waals surface area (Å²) >= 11 is 0. The molecule has 0 unspecified atom stereocenters. The van der Waals surface area contributed by atoms with E-state index in [4.69, 9.17) is 44.9 Å². The van der Waals surface area contributed by atoms with Crippen molar-refractivity contribution in [2.45, 2.75) is 0 Å². The van der Waals surface area contributed by atoms with Crippen LogP contribution in [-0.4, -0.2) is 63.1 Å². The molecule has 0 aliphatic heterocycles. The average molecular weight is 1130 g/mol. The van der Waals surface area contributed by atoms with Crippen LogP contribution < -0.4 is 0 Å². The van der Waals surface area contributed by atoms with E-state index in [1.165, 1.54) is 0 Å². The Kier molecular flexibility index (Phi) is 11.0. The lowest BCUT2D eigenvalue weighted by Gasteiger charge is -2.15. The predicted molar refractivity (Wildman–Crippen MR) is 351 cm³/mol. The molecule has 18 aromatic rings. The Morgan fingerprint density at radius 3 is 0.591 bits per heavy atom. The summed E-state index contributed by atoms with van der Waals surface area (Å²) in [6.45, 7) is 0. The van der Waals surface area contributed by atoms with Crippen LogP contribution in [0.15, 0.2) is 273 Å². The van der Waals surface area contributed by atoms with Crippen LogP contribution in [0.4, 0.5) is 0 Å². The summed E-state index contributed by atoms with van der Waals surface area (Å²) in [5.41, 5.74) is 11.5. The fraction of sp³-hybridized carbons (Fsp3) is 0. The number of aromatic nitrogens is 13. The molecule has 11 aromatic carbocycles. The molecular weight excluding hydrogens is 1080 g/mol. The summed E-state index contributed by atoms with van der Waals surface area (Å²) < 4.78 is 8.80. The molecule has 0 amide bonds. The molecule has 0 aliphatic rings. The maximum Gasteiger partial charge on any atom is 0.240 e. The second-order valence-corrected chi connectivity index (χ2v) is 21.8. The van der Waals surface area contributed by atoms with Gasteiger partial charge in [0.1, 0.15) is 0 Å². The van der Waals surface area contributed by atoms with Crippen LogP contribution in [0.3, 0.4) is 0 Å². The lowest BCUT2D eigenvalue weighted by Crippen LogP contribution is -2.11. The zero-order chi connectivity index (χ0) is 57.8. The number of nitrogens with zero attached hydrogens (tertiary/aromatic N) is 13. The third-order valence-electron chi connectivity index (χ3n) is 16.8. The van der Waals surface area contributed by atoms with Gasteiger partial charge in [-0.15, -0.1) is 0 Å². The molecule has 7 aromatic heterocycles. The molecule has 13 heteroatoms. The molecule has 13 nitrogen and oxygen atoms in total. The van der Waals surface area contributed by atoms with Crippen LogP contribution in [0, 0.1) is 0 Å². The largest absolute Gasteiger partial charge is 0.276 e. The first-order valence-electron chi connectivity index (χ1n) is 29.1. The molecule has 0 aliphatic carbocycles. The maximum atomic E-state index is 5.79. The highest BCUT2D eigenvalue weighted by molar-refractivity contribution is 6.25. The van der Waals surface area contributed by atoms with E-state index in [0.29, 0.717) is 52.9 Å². The van der Waals surface area contributed by atoms with Gasteiger partial charge in [0.05, 0.1) is 44.1 Å². The number of para-hydroxylation sites is 4. The Hall–Kier alpha value is -12.4. The van der Waals surface area contributed by atoms with E-state index < -0.39 is 0 Å². The summed E-state index contributed by atoms with van der Waals surface area (Å²) in [5, 5.41) is 8.14. The molecule has 0 saturated carbocycles. The second-order valence-electron chi connectivity index (χ2n) is 21.8. The van der Waals surface area contributed by atoms with E-state index in [-0.39, 0.29) is 0 Å². The monoisotopic (exact) mass is 1130 g/mol. The van der Waals surface area contributed by atoms with E-state index in [0.717, 1.165) is 115 Å². The first-order valence-corrected chi connectivity index (χ1v) is 29.1. The lowest BCUT2D eigenvalue weighted by atomic mass is 10.1. The number of hydrogen-bond acceptors (Lipinski definition) is 9. The van der Waals surface area contributed by atoms with Gasteiger partial charge in [-0.1, -0.05) is 249 Å². The van der Waals surface area contributed by atoms with E-state index in [1.807, 2.05) is 140 Å². The van der Waals surface area contributed by atoms with Crippen molar-refractivity contribution in [3.05, 3.63) is 273 Å². The molecule has 0 N–H and O–H groups in total. The molecule has 0 saturated heterocycles. The van der Waals surface area contributed by atoms with Gasteiger partial charge in [0.25, 0.3) is 0 Å². The predicted octanol–water partition coefficient (Wildman–Crippen LogP) is 17.0. The first kappa shape index (κ1) is 49.1. The van der Waals surface area contributed by atoms with E-state index in [1.54, 1.807) is 0 Å². The van der Waals surface area contributed by atoms with Gasteiger partial charge >= 0.3 is 0 Å². The lowest BCUT2D eigenvalue weighted by molar-refractivity contribution is 0.891. The van der Waals surface area contributed by atoms with Gasteiger partial charge in [-0.05, 0) is 24.3 Å². The summed E-state index contributed by atoms with van der Waals surface area (Å²) in [4.78, 5) is 48.7. The Morgan fingerprint density at radius 1 is 0.159 bits per heavy atom. The van der Waals surface area contributed by atoms with Crippen LogP contribution >= 0.6 is 0 Å². The highest BCUT2D eigenvalue weighted by Crippen LogP contribution is 2.44. The smallest absolute Gasteiger partial charge is 0.240 e. The summed E-state index contributed by atoms with van der Waals surface area (Å²) in [5.74, 6) is 4.50. The molecule has 0 spiro atoms. The number of benzene rings is 11. The molecule has 0 radical (unpaired) electrons. The van der Waals surface area contributed by atoms with Crippen molar-refractivity contribution >= 4 is 87.2 Å². The van der Waals surface area contributed by atoms with Crippen LogP contribution in [0.25, 0.3) is 168 Å². The van der Waals surface area contributed by atoms with Gasteiger partial charge in [0.15, 0.2) is 29.1 Å². The van der Waals surface area contributed by atoms with Crippen molar-refractivity contribution in [2.24, 2.45) is 0 Å². The quantitative estimate of drug-likeness (QED) is 0.138. The van der Waals surface area contributed by atoms with Crippen molar-refractivity contribution in [1.29, 1.82) is 0 Å². The minimum Gasteiger partial charge on any atom is -0.276 e. The second kappa shape index (κ2) is 19.6. The summed E-state index contributed by atoms with van der Waals surface area (Å²) in [6, 6.07) is 93.4. The highest BCUT2D eigenvalue weighted by Gasteiger charge is 2.28. The van der Waals surface area contributed by atoms with Gasteiger partial charge in [-0.3, -0.25) is 18.3 Å². The summed E-state index contributed by atoms with van der Waals surface area (Å²) in [6.07, 6.45) is 0. The molecule has 7 heterocycles. The molecule has 88 heavy (non-hydrogen) atoms. The Balaban J connectivity index is 0.967. The third kappa shape index (κ3) is 7.63. The fourth-order valence-electron chi connectivity index (χ4n) is 12.9. The van der Waals surface area contributed by atoms with Gasteiger partial charge < -0.3 is 0 Å². The first-order chi connectivity index (χ1) is 43.7. The zero-order valence-corrected chi connectivity index (χ0v) is 46.8. The van der Waals surface area contributed by atoms with Crippen LogP contribution in [0.1, 0.15) is 0 Å². The zero-order valence-electron chi connectivity index (χ0n) is 46.8. The van der Waals surface area contributed by atoms with E-state index in [2.05, 4.69) is 152 Å². The molecular formula is C75H45N13. The van der Waals surface area contributed by atoms with Crippen molar-refractivity contribution < 1.29 is 0 Å². The topological polar surface area (TPSA) is 136 Å². The minimum absolute atomic E-state index is 0.418. The van der Waals surface area contributed by atoms with Crippen molar-refractivity contribution in [1.82, 2.24) is 63.1 Å². The number of hydrogen-bond donors (Lipinski definition) is 0. The molecule has 0 bridgehead atoms. The van der Waals surface area contributed by atoms with Crippen molar-refractivity contribution in [2.75, 3.05) is 0 Å². The van der Waals surface area contributed by atoms with Crippen LogP contribution in [-0.2, 0) is 0 Å². The average Bonchev–Trinajstić information content (AvgIpc) is 1.62. The van der Waals surface area contributed by atoms with Gasteiger partial charge in [-0.2, -0.15) is 34.9 Å². The Bertz CT molecular complexity index is 5350. The SMILES string of the molecule is c1ccc(-c2nc(-c3ccccc3)nc(-n3c4ccccc4c4ccc5c6ccccc6n(-c6nc(-c7ccccc7)nc(-n7c8ccccc8c8ccc9c%10ccccc%10n(-c%10nc(-c%11ccccc%11)nc(-c%11ccccc%11)n%10)c9c87)n6)c5c43)n2)cc1. The Labute approximate surface area is 501 Å². The van der Waals surface area contributed by atoms with Crippen molar-refractivity contribution in [3.63, 3.8) is 0 Å². The molecule has 18 rings (SSSR count). The third-order valence-corrected chi connectivity index (χ3v) is 16.8. The van der Waals surface area contributed by atoms with Crippen LogP contribution in [0.5, 0.6) is 0 Å². The number of rotatable bonds is 9. The number of fused-ring (bicyclic) bond motifs is 14. The molecule has 410 valence electrons. The highest BCUT2D eigenvalue weighted by atomic mass is 15.3. The van der Waals surface area contributed by atoms with Crippen molar-refractivity contribution in [3.8, 4) is 80.7 Å². The van der Waals surface area contributed by atoms with Gasteiger partial charge in [0, 0.05) is 70.9 Å². The van der Waals surface area contributed by atoms with Crippen LogP contribution in [0.2, 0.25) is 0 Å². The molecule has 0 fully saturated rings. The Morgan fingerprint density at radius 2 is 0.352 bits per heavy atom. The normalized spacial score (nSPS) is 11.9. The van der Waals surface area contributed by atoms with Gasteiger partial charge in [0.2, 0.25) is 23.8 Å². The fourth-order valence-corrected chi connectivity index (χ4v) is 12.9.